The highest BCUT2D eigenvalue weighted by atomic mass is 16.2. The topological polar surface area (TPSA) is 153 Å². The van der Waals surface area contributed by atoms with Crippen molar-refractivity contribution in [2.75, 3.05) is 5.73 Å². The molecule has 0 radical (unpaired) electrons. The van der Waals surface area contributed by atoms with Crippen molar-refractivity contribution in [3.8, 4) is 11.1 Å². The minimum atomic E-state index is -0.194. The second-order valence-corrected chi connectivity index (χ2v) is 8.92. The second kappa shape index (κ2) is 8.04. The lowest BCUT2D eigenvalue weighted by Gasteiger charge is -2.42. The van der Waals surface area contributed by atoms with E-state index in [0.717, 1.165) is 11.1 Å². The van der Waals surface area contributed by atoms with Gasteiger partial charge in [-0.25, -0.2) is 9.97 Å². The Balaban J connectivity index is 1.57. The number of piperidine rings is 1. The van der Waals surface area contributed by atoms with Crippen molar-refractivity contribution in [2.24, 2.45) is 7.05 Å². The molecule has 5 rings (SSSR count). The van der Waals surface area contributed by atoms with E-state index in [1.807, 2.05) is 32.0 Å². The monoisotopic (exact) mass is 462 g/mol. The molecule has 0 saturated carbocycles. The van der Waals surface area contributed by atoms with Crippen LogP contribution in [-0.4, -0.2) is 68.2 Å². The molecule has 1 aliphatic rings. The highest BCUT2D eigenvalue weighted by molar-refractivity contribution is 6.00. The number of rotatable bonds is 4. The number of carbonyl (C=O) groups is 2. The fourth-order valence-electron chi connectivity index (χ4n) is 5.09. The smallest absolute Gasteiger partial charge is 0.291 e. The molecule has 0 aromatic carbocycles. The van der Waals surface area contributed by atoms with Crippen LogP contribution in [0.3, 0.4) is 0 Å². The Kier molecular flexibility index (Phi) is 5.14. The van der Waals surface area contributed by atoms with Crippen LogP contribution in [-0.2, 0) is 7.05 Å². The van der Waals surface area contributed by atoms with E-state index in [0.29, 0.717) is 29.7 Å². The Labute approximate surface area is 195 Å². The van der Waals surface area contributed by atoms with Gasteiger partial charge in [0, 0.05) is 42.4 Å². The number of nitrogens with one attached hydrogen (secondary N) is 1. The molecular formula is C22H26N10O2. The van der Waals surface area contributed by atoms with Gasteiger partial charge in [0.2, 0.25) is 5.82 Å². The van der Waals surface area contributed by atoms with E-state index in [4.69, 9.17) is 10.7 Å². The van der Waals surface area contributed by atoms with Gasteiger partial charge in [0.25, 0.3) is 5.91 Å². The molecule has 3 atom stereocenters. The minimum Gasteiger partial charge on any atom is -0.383 e. The molecule has 0 bridgehead atoms. The number of nitrogens with two attached hydrogens (primary N) is 1. The molecule has 1 amide bonds. The first-order valence-electron chi connectivity index (χ1n) is 11.1. The summed E-state index contributed by atoms with van der Waals surface area (Å²) in [5.41, 5.74) is 9.72. The number of nitrogen functional groups attached to an aromatic ring is 1. The van der Waals surface area contributed by atoms with Crippen molar-refractivity contribution in [2.45, 2.75) is 51.6 Å². The molecule has 1 fully saturated rings. The van der Waals surface area contributed by atoms with Gasteiger partial charge in [-0.05, 0) is 33.6 Å². The van der Waals surface area contributed by atoms with E-state index in [1.165, 1.54) is 17.8 Å². The molecule has 2 unspecified atom stereocenters. The fraction of sp³-hybridized carbons (Fsp3) is 0.409. The Hall–Kier alpha value is -4.09. The van der Waals surface area contributed by atoms with Crippen LogP contribution in [0.15, 0.2) is 24.9 Å². The van der Waals surface area contributed by atoms with E-state index in [-0.39, 0.29) is 41.3 Å². The molecule has 0 aliphatic carbocycles. The van der Waals surface area contributed by atoms with E-state index in [1.54, 1.807) is 17.1 Å². The summed E-state index contributed by atoms with van der Waals surface area (Å²) in [4.78, 5) is 36.4. The number of amides is 1. The van der Waals surface area contributed by atoms with Gasteiger partial charge >= 0.3 is 0 Å². The van der Waals surface area contributed by atoms with E-state index >= 15 is 0 Å². The lowest BCUT2D eigenvalue weighted by atomic mass is 9.82. The number of nitrogens with zero attached hydrogens (tertiary/aromatic N) is 8. The summed E-state index contributed by atoms with van der Waals surface area (Å²) in [6.07, 6.45) is 7.89. The van der Waals surface area contributed by atoms with Crippen molar-refractivity contribution < 1.29 is 9.59 Å². The largest absolute Gasteiger partial charge is 0.383 e. The maximum absolute atomic E-state index is 13.0. The van der Waals surface area contributed by atoms with Crippen molar-refractivity contribution in [1.29, 1.82) is 0 Å². The summed E-state index contributed by atoms with van der Waals surface area (Å²) in [7, 11) is 1.84. The molecule has 12 nitrogen and oxygen atoms in total. The van der Waals surface area contributed by atoms with Crippen molar-refractivity contribution >= 4 is 23.2 Å². The fourth-order valence-corrected chi connectivity index (χ4v) is 5.09. The lowest BCUT2D eigenvalue weighted by Crippen LogP contribution is -2.50. The summed E-state index contributed by atoms with van der Waals surface area (Å²) in [6, 6.07) is -0.207. The average Bonchev–Trinajstić information content (AvgIpc) is 3.53. The molecule has 12 heteroatoms. The molecule has 1 aliphatic heterocycles. The van der Waals surface area contributed by atoms with E-state index in [9.17, 15) is 9.59 Å². The molecule has 5 heterocycles. The standard InChI is InChI=1S/C22H26N10O2/c1-11-5-14(6-12(2)31(11)22(34)20-24-10-25-29-20)18-17(13(3)33)19(23)32-21(28-18)16(8-27-32)15-7-26-30(4)9-15/h7-12,14H,5-6,23H2,1-4H3,(H,24,25,29)/t11-,12?,14?/m0/s1. The predicted molar refractivity (Wildman–Crippen MR) is 123 cm³/mol. The third kappa shape index (κ3) is 3.42. The van der Waals surface area contributed by atoms with Gasteiger partial charge in [-0.2, -0.15) is 19.8 Å². The number of Topliss-reactive ketones (excluding diaryl/α,β-unsaturated/α-hetero) is 1. The predicted octanol–water partition coefficient (Wildman–Crippen LogP) is 1.83. The van der Waals surface area contributed by atoms with Gasteiger partial charge in [-0.1, -0.05) is 0 Å². The maximum atomic E-state index is 13.0. The summed E-state index contributed by atoms with van der Waals surface area (Å²) in [5.74, 6) is 0.0570. The zero-order valence-corrected chi connectivity index (χ0v) is 19.4. The quantitative estimate of drug-likeness (QED) is 0.436. The summed E-state index contributed by atoms with van der Waals surface area (Å²) in [6.45, 7) is 5.47. The van der Waals surface area contributed by atoms with Gasteiger partial charge in [0.15, 0.2) is 11.4 Å². The average molecular weight is 463 g/mol. The SMILES string of the molecule is CC(=O)c1c(C2CC(C)N(C(=O)c3ncn[nH]3)[C@@H](C)C2)nc2c(-c3cnn(C)c3)cnn2c1N. The highest BCUT2D eigenvalue weighted by Crippen LogP contribution is 2.38. The number of anilines is 1. The lowest BCUT2D eigenvalue weighted by molar-refractivity contribution is 0.0463. The Bertz CT molecular complexity index is 1370. The number of carbonyl (C=O) groups excluding carboxylic acids is 2. The van der Waals surface area contributed by atoms with Crippen LogP contribution in [0, 0.1) is 0 Å². The van der Waals surface area contributed by atoms with E-state index in [2.05, 4.69) is 25.4 Å². The molecule has 0 spiro atoms. The minimum absolute atomic E-state index is 0.0633. The van der Waals surface area contributed by atoms with Gasteiger partial charge < -0.3 is 10.6 Å². The molecule has 1 saturated heterocycles. The van der Waals surface area contributed by atoms with Gasteiger partial charge in [0.1, 0.15) is 12.1 Å². The number of ketones is 1. The first kappa shape index (κ1) is 21.7. The Morgan fingerprint density at radius 1 is 1.15 bits per heavy atom. The third-order valence-corrected chi connectivity index (χ3v) is 6.52. The summed E-state index contributed by atoms with van der Waals surface area (Å²) in [5, 5.41) is 15.1. The third-order valence-electron chi connectivity index (χ3n) is 6.52. The van der Waals surface area contributed by atoms with Gasteiger partial charge in [-0.3, -0.25) is 19.4 Å². The van der Waals surface area contributed by atoms with Crippen LogP contribution in [0.5, 0.6) is 0 Å². The zero-order chi connectivity index (χ0) is 24.1. The first-order valence-corrected chi connectivity index (χ1v) is 11.1. The van der Waals surface area contributed by atoms with Gasteiger partial charge in [-0.15, -0.1) is 0 Å². The number of likely N-dealkylation sites (tertiary alicyclic amines) is 1. The van der Waals surface area contributed by atoms with Crippen LogP contribution in [0.2, 0.25) is 0 Å². The van der Waals surface area contributed by atoms with E-state index < -0.39 is 0 Å². The Morgan fingerprint density at radius 2 is 1.88 bits per heavy atom. The number of fused-ring (bicyclic) bond motifs is 1. The molecule has 34 heavy (non-hydrogen) atoms. The number of aromatic nitrogens is 8. The van der Waals surface area contributed by atoms with Crippen molar-refractivity contribution in [1.82, 2.24) is 44.5 Å². The number of hydrogen-bond donors (Lipinski definition) is 2. The molecule has 176 valence electrons. The van der Waals surface area contributed by atoms with Crippen molar-refractivity contribution in [3.05, 3.63) is 42.0 Å². The highest BCUT2D eigenvalue weighted by Gasteiger charge is 2.38. The molecule has 3 N–H and O–H groups in total. The number of H-pyrrole nitrogens is 1. The number of aryl methyl sites for hydroxylation is 1. The zero-order valence-electron chi connectivity index (χ0n) is 19.4. The van der Waals surface area contributed by atoms with Crippen LogP contribution in [0.4, 0.5) is 5.82 Å². The second-order valence-electron chi connectivity index (χ2n) is 8.92. The number of hydrogen-bond acceptors (Lipinski definition) is 8. The summed E-state index contributed by atoms with van der Waals surface area (Å²) >= 11 is 0. The summed E-state index contributed by atoms with van der Waals surface area (Å²) < 4.78 is 3.22. The molecule has 4 aromatic rings. The van der Waals surface area contributed by atoms with Crippen LogP contribution >= 0.6 is 0 Å². The first-order chi connectivity index (χ1) is 16.3. The molecule has 4 aromatic heterocycles. The van der Waals surface area contributed by atoms with Gasteiger partial charge in [0.05, 0.1) is 23.7 Å². The van der Waals surface area contributed by atoms with Crippen LogP contribution < -0.4 is 5.73 Å². The maximum Gasteiger partial charge on any atom is 0.291 e. The number of aromatic amines is 1. The van der Waals surface area contributed by atoms with Crippen LogP contribution in [0.25, 0.3) is 16.8 Å². The van der Waals surface area contributed by atoms with Crippen molar-refractivity contribution in [3.63, 3.8) is 0 Å². The Morgan fingerprint density at radius 3 is 2.47 bits per heavy atom. The van der Waals surface area contributed by atoms with Crippen LogP contribution in [0.1, 0.15) is 66.2 Å². The molecular weight excluding hydrogens is 436 g/mol. The normalized spacial score (nSPS) is 20.7.